The number of halogens is 1. The lowest BCUT2D eigenvalue weighted by Gasteiger charge is -2.19. The summed E-state index contributed by atoms with van der Waals surface area (Å²) in [7, 11) is 0. The van der Waals surface area contributed by atoms with E-state index in [0.29, 0.717) is 0 Å². The van der Waals surface area contributed by atoms with Gasteiger partial charge in [-0.15, -0.1) is 0 Å². The summed E-state index contributed by atoms with van der Waals surface area (Å²) in [6.07, 6.45) is 13.6. The fourth-order valence-corrected chi connectivity index (χ4v) is 3.40. The number of rotatable bonds is 11. The Morgan fingerprint density at radius 1 is 0.950 bits per heavy atom. The average molecular weight is 338 g/mol. The molecule has 0 fully saturated rings. The van der Waals surface area contributed by atoms with Gasteiger partial charge in [0, 0.05) is 4.47 Å². The SMILES string of the molecule is CCCCCCC(CCCCCC)c1c[c]ccc1Br. The first-order chi connectivity index (χ1) is 9.79. The van der Waals surface area contributed by atoms with Crippen LogP contribution in [0.1, 0.15) is 89.5 Å². The highest BCUT2D eigenvalue weighted by Gasteiger charge is 2.13. The van der Waals surface area contributed by atoms with E-state index < -0.39 is 0 Å². The number of unbranched alkanes of at least 4 members (excludes halogenated alkanes) is 6. The molecule has 0 amide bonds. The van der Waals surface area contributed by atoms with Crippen LogP contribution in [0, 0.1) is 6.07 Å². The molecule has 0 aliphatic rings. The van der Waals surface area contributed by atoms with Crippen molar-refractivity contribution in [3.63, 3.8) is 0 Å². The van der Waals surface area contributed by atoms with Crippen LogP contribution in [0.2, 0.25) is 0 Å². The Hall–Kier alpha value is -0.300. The third kappa shape index (κ3) is 6.92. The molecule has 0 saturated heterocycles. The van der Waals surface area contributed by atoms with Gasteiger partial charge in [0.1, 0.15) is 0 Å². The Labute approximate surface area is 134 Å². The third-order valence-electron chi connectivity index (χ3n) is 4.09. The van der Waals surface area contributed by atoms with Crippen LogP contribution in [0.4, 0.5) is 0 Å². The van der Waals surface area contributed by atoms with Crippen molar-refractivity contribution >= 4 is 15.9 Å². The quantitative estimate of drug-likeness (QED) is 0.372. The normalized spacial score (nSPS) is 11.2. The van der Waals surface area contributed by atoms with Gasteiger partial charge in [-0.3, -0.25) is 0 Å². The van der Waals surface area contributed by atoms with Crippen molar-refractivity contribution in [2.75, 3.05) is 0 Å². The van der Waals surface area contributed by atoms with Crippen molar-refractivity contribution in [1.82, 2.24) is 0 Å². The van der Waals surface area contributed by atoms with E-state index in [1.165, 1.54) is 74.2 Å². The number of hydrogen-bond acceptors (Lipinski definition) is 0. The summed E-state index contributed by atoms with van der Waals surface area (Å²) in [6, 6.07) is 9.58. The molecule has 0 aromatic heterocycles. The van der Waals surface area contributed by atoms with Gasteiger partial charge in [0.25, 0.3) is 0 Å². The first-order valence-corrected chi connectivity index (χ1v) is 9.24. The Bertz CT molecular complexity index is 333. The number of hydrogen-bond donors (Lipinski definition) is 0. The molecule has 0 aliphatic carbocycles. The minimum atomic E-state index is 0.718. The molecule has 0 bridgehead atoms. The highest BCUT2D eigenvalue weighted by atomic mass is 79.9. The Morgan fingerprint density at radius 2 is 1.55 bits per heavy atom. The van der Waals surface area contributed by atoms with E-state index in [9.17, 15) is 0 Å². The minimum absolute atomic E-state index is 0.718. The largest absolute Gasteiger partial charge is 0.0654 e. The van der Waals surface area contributed by atoms with Crippen LogP contribution in [-0.4, -0.2) is 0 Å². The molecule has 1 heteroatoms. The molecule has 1 radical (unpaired) electrons. The molecular weight excluding hydrogens is 308 g/mol. The molecule has 0 spiro atoms. The summed E-state index contributed by atoms with van der Waals surface area (Å²) < 4.78 is 1.27. The lowest BCUT2D eigenvalue weighted by molar-refractivity contribution is 0.495. The topological polar surface area (TPSA) is 0 Å². The fraction of sp³-hybridized carbons (Fsp3) is 0.684. The third-order valence-corrected chi connectivity index (χ3v) is 4.81. The Morgan fingerprint density at radius 3 is 2.05 bits per heavy atom. The summed E-state index contributed by atoms with van der Waals surface area (Å²) >= 11 is 3.72. The van der Waals surface area contributed by atoms with Crippen molar-refractivity contribution < 1.29 is 0 Å². The standard InChI is InChI=1S/C19H30Br/c1-3-5-7-9-13-17(14-10-8-6-4-2)18-15-11-12-16-19(18)20/h12,15-17H,3-10,13-14H2,1-2H3. The van der Waals surface area contributed by atoms with Crippen LogP contribution >= 0.6 is 15.9 Å². The van der Waals surface area contributed by atoms with E-state index >= 15 is 0 Å². The highest BCUT2D eigenvalue weighted by Crippen LogP contribution is 2.33. The molecule has 1 aromatic rings. The maximum absolute atomic E-state index is 3.72. The first-order valence-electron chi connectivity index (χ1n) is 8.45. The molecule has 20 heavy (non-hydrogen) atoms. The molecule has 0 saturated carbocycles. The Balaban J connectivity index is 2.52. The summed E-state index contributed by atoms with van der Waals surface area (Å²) in [5, 5.41) is 0. The van der Waals surface area contributed by atoms with E-state index in [-0.39, 0.29) is 0 Å². The minimum Gasteiger partial charge on any atom is -0.0654 e. The van der Waals surface area contributed by atoms with Crippen molar-refractivity contribution in [2.24, 2.45) is 0 Å². The van der Waals surface area contributed by atoms with Crippen molar-refractivity contribution in [1.29, 1.82) is 0 Å². The fourth-order valence-electron chi connectivity index (χ4n) is 2.83. The predicted octanol–water partition coefficient (Wildman–Crippen LogP) is 7.27. The lowest BCUT2D eigenvalue weighted by Crippen LogP contribution is -2.01. The van der Waals surface area contributed by atoms with Gasteiger partial charge >= 0.3 is 0 Å². The van der Waals surface area contributed by atoms with Crippen LogP contribution in [-0.2, 0) is 0 Å². The zero-order chi connectivity index (χ0) is 14.6. The summed E-state index contributed by atoms with van der Waals surface area (Å²) in [5.74, 6) is 0.718. The molecule has 0 aliphatic heterocycles. The second-order valence-electron chi connectivity index (χ2n) is 5.84. The van der Waals surface area contributed by atoms with Gasteiger partial charge in [0.05, 0.1) is 0 Å². The first kappa shape index (κ1) is 17.8. The van der Waals surface area contributed by atoms with Gasteiger partial charge in [0.15, 0.2) is 0 Å². The van der Waals surface area contributed by atoms with E-state index in [0.717, 1.165) is 5.92 Å². The van der Waals surface area contributed by atoms with E-state index in [4.69, 9.17) is 0 Å². The molecule has 0 atom stereocenters. The van der Waals surface area contributed by atoms with Crippen LogP contribution < -0.4 is 0 Å². The number of benzene rings is 1. The van der Waals surface area contributed by atoms with Crippen LogP contribution in [0.15, 0.2) is 22.7 Å². The van der Waals surface area contributed by atoms with Crippen molar-refractivity contribution in [3.8, 4) is 0 Å². The monoisotopic (exact) mass is 337 g/mol. The summed E-state index contributed by atoms with van der Waals surface area (Å²) in [4.78, 5) is 0. The molecule has 0 unspecified atom stereocenters. The maximum Gasteiger partial charge on any atom is 0.0210 e. The molecule has 0 heterocycles. The molecule has 1 aromatic carbocycles. The van der Waals surface area contributed by atoms with Gasteiger partial charge in [-0.05, 0) is 42.5 Å². The Kier molecular flexibility index (Phi) is 10.1. The second kappa shape index (κ2) is 11.4. The van der Waals surface area contributed by atoms with Crippen LogP contribution in [0.3, 0.4) is 0 Å². The zero-order valence-electron chi connectivity index (χ0n) is 13.3. The van der Waals surface area contributed by atoms with Crippen LogP contribution in [0.5, 0.6) is 0 Å². The molecular formula is C19H30Br. The van der Waals surface area contributed by atoms with Gasteiger partial charge in [0.2, 0.25) is 0 Å². The van der Waals surface area contributed by atoms with Crippen LogP contribution in [0.25, 0.3) is 0 Å². The summed E-state index contributed by atoms with van der Waals surface area (Å²) in [6.45, 7) is 4.57. The van der Waals surface area contributed by atoms with E-state index in [1.54, 1.807) is 0 Å². The van der Waals surface area contributed by atoms with Gasteiger partial charge in [-0.1, -0.05) is 87.2 Å². The lowest BCUT2D eigenvalue weighted by atomic mass is 9.88. The second-order valence-corrected chi connectivity index (χ2v) is 6.70. The van der Waals surface area contributed by atoms with E-state index in [1.807, 2.05) is 6.07 Å². The van der Waals surface area contributed by atoms with Crippen molar-refractivity contribution in [3.05, 3.63) is 34.3 Å². The summed E-state index contributed by atoms with van der Waals surface area (Å²) in [5.41, 5.74) is 1.47. The smallest absolute Gasteiger partial charge is 0.0210 e. The molecule has 113 valence electrons. The molecule has 0 N–H and O–H groups in total. The molecule has 1 rings (SSSR count). The molecule has 0 nitrogen and oxygen atoms in total. The van der Waals surface area contributed by atoms with E-state index in [2.05, 4.69) is 48.0 Å². The van der Waals surface area contributed by atoms with Gasteiger partial charge < -0.3 is 0 Å². The van der Waals surface area contributed by atoms with Gasteiger partial charge in [-0.2, -0.15) is 0 Å². The maximum atomic E-state index is 3.72. The highest BCUT2D eigenvalue weighted by molar-refractivity contribution is 9.10. The average Bonchev–Trinajstić information content (AvgIpc) is 2.46. The van der Waals surface area contributed by atoms with Crippen molar-refractivity contribution in [2.45, 2.75) is 84.0 Å². The zero-order valence-corrected chi connectivity index (χ0v) is 14.8. The van der Waals surface area contributed by atoms with Gasteiger partial charge in [-0.25, -0.2) is 0 Å². The predicted molar refractivity (Wildman–Crippen MR) is 93.2 cm³/mol.